The summed E-state index contributed by atoms with van der Waals surface area (Å²) in [6.07, 6.45) is 8.03. The number of methoxy groups -OCH3 is 1. The van der Waals surface area contributed by atoms with Crippen molar-refractivity contribution < 1.29 is 9.53 Å². The molecule has 0 radical (unpaired) electrons. The molecule has 1 atom stereocenters. The summed E-state index contributed by atoms with van der Waals surface area (Å²) in [5.41, 5.74) is 3.96. The number of nitrogens with zero attached hydrogens (tertiary/aromatic N) is 6. The van der Waals surface area contributed by atoms with Gasteiger partial charge in [-0.05, 0) is 30.5 Å². The van der Waals surface area contributed by atoms with Crippen molar-refractivity contribution in [2.45, 2.75) is 25.2 Å². The monoisotopic (exact) mass is 434 g/mol. The van der Waals surface area contributed by atoms with Gasteiger partial charge in [-0.25, -0.2) is 9.97 Å². The largest absolute Gasteiger partial charge is 0.497 e. The molecular weight excluding hydrogens is 404 g/mol. The number of aromatic nitrogens is 4. The maximum absolute atomic E-state index is 13.1. The van der Waals surface area contributed by atoms with E-state index in [1.807, 2.05) is 73.8 Å². The highest BCUT2D eigenvalue weighted by Crippen LogP contribution is 2.34. The second-order valence-electron chi connectivity index (χ2n) is 8.47. The molecule has 1 amide bonds. The smallest absolute Gasteiger partial charge is 0.227 e. The fourth-order valence-corrected chi connectivity index (χ4v) is 4.15. The standard InChI is InChI=1S/C24H30N6O2/c1-28(2)24-25-14-21(19-13-26-29(3)15-19)23(27-24)18-6-5-11-30(16-18)22(31)12-17-7-9-20(32-4)10-8-17/h7-10,13-15,18H,5-6,11-12,16H2,1-4H3. The van der Waals surface area contributed by atoms with Gasteiger partial charge >= 0.3 is 0 Å². The third-order valence-electron chi connectivity index (χ3n) is 5.90. The first-order valence-electron chi connectivity index (χ1n) is 10.9. The molecule has 8 nitrogen and oxygen atoms in total. The quantitative estimate of drug-likeness (QED) is 0.594. The number of piperidine rings is 1. The van der Waals surface area contributed by atoms with Gasteiger partial charge in [0.1, 0.15) is 5.75 Å². The number of anilines is 1. The van der Waals surface area contributed by atoms with Crippen LogP contribution in [0, 0.1) is 0 Å². The van der Waals surface area contributed by atoms with Crippen LogP contribution in [0.25, 0.3) is 11.1 Å². The zero-order valence-electron chi connectivity index (χ0n) is 19.2. The van der Waals surface area contributed by atoms with E-state index in [0.29, 0.717) is 18.9 Å². The van der Waals surface area contributed by atoms with Crippen molar-refractivity contribution in [1.29, 1.82) is 0 Å². The Balaban J connectivity index is 1.56. The van der Waals surface area contributed by atoms with E-state index in [2.05, 4.69) is 10.1 Å². The van der Waals surface area contributed by atoms with Gasteiger partial charge in [0.05, 0.1) is 25.4 Å². The number of hydrogen-bond acceptors (Lipinski definition) is 6. The number of rotatable bonds is 6. The van der Waals surface area contributed by atoms with Crippen LogP contribution in [-0.4, -0.2) is 64.9 Å². The summed E-state index contributed by atoms with van der Waals surface area (Å²) < 4.78 is 6.99. The normalized spacial score (nSPS) is 16.1. The number of benzene rings is 1. The van der Waals surface area contributed by atoms with E-state index < -0.39 is 0 Å². The highest BCUT2D eigenvalue weighted by atomic mass is 16.5. The molecular formula is C24H30N6O2. The lowest BCUT2D eigenvalue weighted by atomic mass is 9.90. The first kappa shape index (κ1) is 21.8. The summed E-state index contributed by atoms with van der Waals surface area (Å²) >= 11 is 0. The summed E-state index contributed by atoms with van der Waals surface area (Å²) in [6, 6.07) is 7.69. The summed E-state index contributed by atoms with van der Waals surface area (Å²) in [4.78, 5) is 26.4. The Morgan fingerprint density at radius 2 is 2.00 bits per heavy atom. The molecule has 1 fully saturated rings. The fourth-order valence-electron chi connectivity index (χ4n) is 4.15. The molecule has 0 spiro atoms. The number of carbonyl (C=O) groups is 1. The Labute approximate surface area is 188 Å². The zero-order chi connectivity index (χ0) is 22.7. The number of amides is 1. The van der Waals surface area contributed by atoms with Crippen LogP contribution in [0.4, 0.5) is 5.95 Å². The molecule has 3 heterocycles. The second-order valence-corrected chi connectivity index (χ2v) is 8.47. The lowest BCUT2D eigenvalue weighted by molar-refractivity contribution is -0.131. The molecule has 0 aliphatic carbocycles. The van der Waals surface area contributed by atoms with E-state index in [0.717, 1.165) is 47.5 Å². The number of likely N-dealkylation sites (tertiary alicyclic amines) is 1. The Morgan fingerprint density at radius 3 is 2.66 bits per heavy atom. The zero-order valence-corrected chi connectivity index (χ0v) is 19.2. The van der Waals surface area contributed by atoms with Crippen molar-refractivity contribution in [2.75, 3.05) is 39.2 Å². The van der Waals surface area contributed by atoms with Crippen LogP contribution in [0.15, 0.2) is 42.9 Å². The van der Waals surface area contributed by atoms with Crippen LogP contribution in [0.5, 0.6) is 5.75 Å². The van der Waals surface area contributed by atoms with Gasteiger partial charge in [0.25, 0.3) is 0 Å². The molecule has 32 heavy (non-hydrogen) atoms. The molecule has 1 saturated heterocycles. The van der Waals surface area contributed by atoms with Gasteiger partial charge in [0.15, 0.2) is 0 Å². The fraction of sp³-hybridized carbons (Fsp3) is 0.417. The van der Waals surface area contributed by atoms with Crippen LogP contribution in [-0.2, 0) is 18.3 Å². The highest BCUT2D eigenvalue weighted by molar-refractivity contribution is 5.79. The molecule has 0 saturated carbocycles. The summed E-state index contributed by atoms with van der Waals surface area (Å²) in [7, 11) is 7.42. The first-order chi connectivity index (χ1) is 15.4. The van der Waals surface area contributed by atoms with E-state index in [-0.39, 0.29) is 11.8 Å². The predicted octanol–water partition coefficient (Wildman–Crippen LogP) is 2.90. The molecule has 168 valence electrons. The van der Waals surface area contributed by atoms with Crippen molar-refractivity contribution >= 4 is 11.9 Å². The van der Waals surface area contributed by atoms with Gasteiger partial charge in [0, 0.05) is 63.7 Å². The minimum atomic E-state index is 0.143. The van der Waals surface area contributed by atoms with E-state index in [1.165, 1.54) is 0 Å². The molecule has 1 aliphatic heterocycles. The van der Waals surface area contributed by atoms with Crippen LogP contribution >= 0.6 is 0 Å². The number of hydrogen-bond donors (Lipinski definition) is 0. The molecule has 1 aromatic carbocycles. The highest BCUT2D eigenvalue weighted by Gasteiger charge is 2.28. The molecule has 4 rings (SSSR count). The maximum Gasteiger partial charge on any atom is 0.227 e. The molecule has 0 bridgehead atoms. The van der Waals surface area contributed by atoms with Gasteiger partial charge in [-0.1, -0.05) is 12.1 Å². The minimum Gasteiger partial charge on any atom is -0.497 e. The Hall–Kier alpha value is -3.42. The molecule has 2 aromatic heterocycles. The predicted molar refractivity (Wildman–Crippen MR) is 124 cm³/mol. The third-order valence-corrected chi connectivity index (χ3v) is 5.90. The summed E-state index contributed by atoms with van der Waals surface area (Å²) in [5.74, 6) is 1.77. The SMILES string of the molecule is COc1ccc(CC(=O)N2CCCC(c3nc(N(C)C)ncc3-c3cnn(C)c3)C2)cc1. The topological polar surface area (TPSA) is 76.4 Å². The van der Waals surface area contributed by atoms with Crippen LogP contribution in [0.1, 0.15) is 30.0 Å². The van der Waals surface area contributed by atoms with Crippen molar-refractivity contribution in [3.05, 3.63) is 54.1 Å². The lowest BCUT2D eigenvalue weighted by Gasteiger charge is -2.33. The van der Waals surface area contributed by atoms with Gasteiger partial charge < -0.3 is 14.5 Å². The lowest BCUT2D eigenvalue weighted by Crippen LogP contribution is -2.40. The van der Waals surface area contributed by atoms with Gasteiger partial charge in [-0.3, -0.25) is 9.48 Å². The minimum absolute atomic E-state index is 0.143. The molecule has 1 aliphatic rings. The van der Waals surface area contributed by atoms with Crippen LogP contribution in [0.3, 0.4) is 0 Å². The number of carbonyl (C=O) groups excluding carboxylic acids is 1. The van der Waals surface area contributed by atoms with Crippen LogP contribution < -0.4 is 9.64 Å². The van der Waals surface area contributed by atoms with E-state index in [4.69, 9.17) is 9.72 Å². The molecule has 1 unspecified atom stereocenters. The molecule has 3 aromatic rings. The van der Waals surface area contributed by atoms with E-state index in [9.17, 15) is 4.79 Å². The Kier molecular flexibility index (Phi) is 6.39. The van der Waals surface area contributed by atoms with Gasteiger partial charge in [-0.2, -0.15) is 5.10 Å². The molecule has 8 heteroatoms. The van der Waals surface area contributed by atoms with Crippen molar-refractivity contribution in [3.63, 3.8) is 0 Å². The summed E-state index contributed by atoms with van der Waals surface area (Å²) in [5, 5.41) is 4.32. The first-order valence-corrected chi connectivity index (χ1v) is 10.9. The average molecular weight is 435 g/mol. The Bertz CT molecular complexity index is 1080. The number of ether oxygens (including phenoxy) is 1. The van der Waals surface area contributed by atoms with Crippen molar-refractivity contribution in [2.24, 2.45) is 7.05 Å². The van der Waals surface area contributed by atoms with Gasteiger partial charge in [0.2, 0.25) is 11.9 Å². The van der Waals surface area contributed by atoms with Crippen molar-refractivity contribution in [3.8, 4) is 16.9 Å². The average Bonchev–Trinajstić information content (AvgIpc) is 3.25. The summed E-state index contributed by atoms with van der Waals surface area (Å²) in [6.45, 7) is 1.44. The Morgan fingerprint density at radius 1 is 1.22 bits per heavy atom. The number of aryl methyl sites for hydroxylation is 1. The van der Waals surface area contributed by atoms with E-state index >= 15 is 0 Å². The third kappa shape index (κ3) is 4.74. The van der Waals surface area contributed by atoms with Gasteiger partial charge in [-0.15, -0.1) is 0 Å². The molecule has 0 N–H and O–H groups in total. The second kappa shape index (κ2) is 9.38. The maximum atomic E-state index is 13.1. The van der Waals surface area contributed by atoms with Crippen LogP contribution in [0.2, 0.25) is 0 Å². The van der Waals surface area contributed by atoms with Crippen molar-refractivity contribution in [1.82, 2.24) is 24.6 Å². The van der Waals surface area contributed by atoms with E-state index in [1.54, 1.807) is 11.8 Å².